The first kappa shape index (κ1) is 17.6. The lowest BCUT2D eigenvalue weighted by atomic mass is 10.1. The van der Waals surface area contributed by atoms with Crippen molar-refractivity contribution in [2.24, 2.45) is 5.92 Å². The Kier molecular flexibility index (Phi) is 8.52. The summed E-state index contributed by atoms with van der Waals surface area (Å²) >= 11 is 1.65. The highest BCUT2D eigenvalue weighted by atomic mass is 35.5. The van der Waals surface area contributed by atoms with Crippen LogP contribution in [0.1, 0.15) is 17.1 Å². The maximum absolute atomic E-state index is 11.7. The van der Waals surface area contributed by atoms with Gasteiger partial charge in [0.05, 0.1) is 16.6 Å². The molecule has 0 spiro atoms. The van der Waals surface area contributed by atoms with Crippen molar-refractivity contribution in [1.82, 2.24) is 15.6 Å². The van der Waals surface area contributed by atoms with Gasteiger partial charge in [-0.15, -0.1) is 36.2 Å². The summed E-state index contributed by atoms with van der Waals surface area (Å²) in [7, 11) is 0. The van der Waals surface area contributed by atoms with Gasteiger partial charge in [-0.05, 0) is 19.9 Å². The first-order valence-electron chi connectivity index (χ1n) is 5.65. The number of nitrogens with zero attached hydrogens (tertiary/aromatic N) is 1. The lowest BCUT2D eigenvalue weighted by molar-refractivity contribution is -0.124. The normalized spacial score (nSPS) is 17.7. The van der Waals surface area contributed by atoms with Crippen molar-refractivity contribution in [2.75, 3.05) is 19.6 Å². The average Bonchev–Trinajstić information content (AvgIpc) is 2.89. The van der Waals surface area contributed by atoms with Crippen molar-refractivity contribution in [1.29, 1.82) is 0 Å². The number of hydrogen-bond acceptors (Lipinski definition) is 4. The van der Waals surface area contributed by atoms with Crippen LogP contribution in [0, 0.1) is 12.8 Å². The van der Waals surface area contributed by atoms with E-state index >= 15 is 0 Å². The Bertz CT molecular complexity index is 367. The second-order valence-electron chi connectivity index (χ2n) is 4.09. The molecule has 0 saturated carbocycles. The Morgan fingerprint density at radius 1 is 1.61 bits per heavy atom. The number of carbonyl (C=O) groups excluding carboxylic acids is 1. The van der Waals surface area contributed by atoms with Crippen LogP contribution in [0.25, 0.3) is 0 Å². The Morgan fingerprint density at radius 2 is 2.39 bits per heavy atom. The molecule has 18 heavy (non-hydrogen) atoms. The van der Waals surface area contributed by atoms with Crippen LogP contribution in [-0.2, 0) is 11.2 Å². The fourth-order valence-electron chi connectivity index (χ4n) is 1.86. The molecule has 1 atom stereocenters. The molecule has 1 amide bonds. The third kappa shape index (κ3) is 5.10. The molecule has 2 heterocycles. The van der Waals surface area contributed by atoms with E-state index < -0.39 is 0 Å². The van der Waals surface area contributed by atoms with Gasteiger partial charge < -0.3 is 10.6 Å². The average molecular weight is 312 g/mol. The predicted octanol–water partition coefficient (Wildman–Crippen LogP) is 1.56. The van der Waals surface area contributed by atoms with Gasteiger partial charge in [0.1, 0.15) is 0 Å². The summed E-state index contributed by atoms with van der Waals surface area (Å²) in [5.41, 5.74) is 1.08. The minimum Gasteiger partial charge on any atom is -0.355 e. The van der Waals surface area contributed by atoms with Crippen molar-refractivity contribution < 1.29 is 4.79 Å². The van der Waals surface area contributed by atoms with Gasteiger partial charge in [-0.2, -0.15) is 0 Å². The van der Waals surface area contributed by atoms with Gasteiger partial charge in [0.15, 0.2) is 0 Å². The van der Waals surface area contributed by atoms with Gasteiger partial charge in [-0.1, -0.05) is 0 Å². The molecule has 0 aliphatic carbocycles. The van der Waals surface area contributed by atoms with Crippen LogP contribution in [0.4, 0.5) is 0 Å². The second-order valence-corrected chi connectivity index (χ2v) is 5.15. The van der Waals surface area contributed by atoms with Crippen molar-refractivity contribution in [3.63, 3.8) is 0 Å². The van der Waals surface area contributed by atoms with E-state index in [0.29, 0.717) is 6.54 Å². The summed E-state index contributed by atoms with van der Waals surface area (Å²) in [6.07, 6.45) is 1.79. The summed E-state index contributed by atoms with van der Waals surface area (Å²) in [6.45, 7) is 4.47. The molecule has 0 radical (unpaired) electrons. The van der Waals surface area contributed by atoms with Crippen LogP contribution >= 0.6 is 36.2 Å². The van der Waals surface area contributed by atoms with Gasteiger partial charge in [0.25, 0.3) is 0 Å². The fourth-order valence-corrected chi connectivity index (χ4v) is 2.51. The second kappa shape index (κ2) is 8.69. The maximum atomic E-state index is 11.7. The molecular weight excluding hydrogens is 293 g/mol. The Labute approximate surface area is 124 Å². The monoisotopic (exact) mass is 311 g/mol. The zero-order chi connectivity index (χ0) is 11.4. The van der Waals surface area contributed by atoms with Gasteiger partial charge in [-0.3, -0.25) is 4.79 Å². The molecule has 2 N–H and O–H groups in total. The summed E-state index contributed by atoms with van der Waals surface area (Å²) in [6, 6.07) is 0. The zero-order valence-electron chi connectivity index (χ0n) is 10.3. The van der Waals surface area contributed by atoms with Crippen molar-refractivity contribution >= 4 is 42.1 Å². The molecule has 7 heteroatoms. The smallest absolute Gasteiger partial charge is 0.224 e. The van der Waals surface area contributed by atoms with Crippen molar-refractivity contribution in [2.45, 2.75) is 19.8 Å². The van der Waals surface area contributed by atoms with Crippen LogP contribution in [0.3, 0.4) is 0 Å². The van der Waals surface area contributed by atoms with Crippen molar-refractivity contribution in [3.05, 3.63) is 16.1 Å². The third-order valence-electron chi connectivity index (χ3n) is 2.78. The van der Waals surface area contributed by atoms with Crippen LogP contribution in [0.2, 0.25) is 0 Å². The number of carbonyl (C=O) groups is 1. The molecule has 1 aromatic heterocycles. The first-order chi connectivity index (χ1) is 7.75. The molecule has 104 valence electrons. The molecule has 1 unspecified atom stereocenters. The summed E-state index contributed by atoms with van der Waals surface area (Å²) in [5.74, 6) is 0.342. The van der Waals surface area contributed by atoms with Gasteiger partial charge >= 0.3 is 0 Å². The van der Waals surface area contributed by atoms with Crippen LogP contribution in [0.5, 0.6) is 0 Å². The lowest BCUT2D eigenvalue weighted by Crippen LogP contribution is -2.33. The highest BCUT2D eigenvalue weighted by Gasteiger charge is 2.21. The molecular formula is C11H19Cl2N3OS. The lowest BCUT2D eigenvalue weighted by Gasteiger charge is -2.08. The number of amides is 1. The number of aromatic nitrogens is 1. The number of thiazole rings is 1. The summed E-state index contributed by atoms with van der Waals surface area (Å²) in [5, 5.41) is 9.30. The molecule has 1 saturated heterocycles. The van der Waals surface area contributed by atoms with E-state index in [1.165, 1.54) is 0 Å². The SMILES string of the molecule is Cc1nc(CCNC(=O)C2CCNC2)cs1.Cl.Cl. The van der Waals surface area contributed by atoms with E-state index in [1.807, 2.05) is 6.92 Å². The Morgan fingerprint density at radius 3 is 2.94 bits per heavy atom. The van der Waals surface area contributed by atoms with E-state index in [4.69, 9.17) is 0 Å². The molecule has 1 aliphatic rings. The maximum Gasteiger partial charge on any atom is 0.224 e. The van der Waals surface area contributed by atoms with Crippen molar-refractivity contribution in [3.8, 4) is 0 Å². The number of rotatable bonds is 4. The minimum absolute atomic E-state index is 0. The minimum atomic E-state index is 0. The van der Waals surface area contributed by atoms with E-state index in [0.717, 1.165) is 36.6 Å². The van der Waals surface area contributed by atoms with E-state index in [1.54, 1.807) is 11.3 Å². The van der Waals surface area contributed by atoms with Gasteiger partial charge in [0, 0.05) is 24.9 Å². The van der Waals surface area contributed by atoms with Crippen LogP contribution in [-0.4, -0.2) is 30.5 Å². The summed E-state index contributed by atoms with van der Waals surface area (Å²) < 4.78 is 0. The molecule has 4 nitrogen and oxygen atoms in total. The van der Waals surface area contributed by atoms with Crippen LogP contribution in [0.15, 0.2) is 5.38 Å². The van der Waals surface area contributed by atoms with E-state index in [9.17, 15) is 4.79 Å². The quantitative estimate of drug-likeness (QED) is 0.887. The predicted molar refractivity (Wildman–Crippen MR) is 79.0 cm³/mol. The third-order valence-corrected chi connectivity index (χ3v) is 3.60. The zero-order valence-corrected chi connectivity index (χ0v) is 12.7. The van der Waals surface area contributed by atoms with Gasteiger partial charge in [-0.25, -0.2) is 4.98 Å². The molecule has 0 bridgehead atoms. The Balaban J connectivity index is 0.00000144. The topological polar surface area (TPSA) is 54.0 Å². The summed E-state index contributed by atoms with van der Waals surface area (Å²) in [4.78, 5) is 16.0. The highest BCUT2D eigenvalue weighted by Crippen LogP contribution is 2.09. The molecule has 1 aromatic rings. The Hall–Kier alpha value is -0.360. The molecule has 1 fully saturated rings. The molecule has 1 aliphatic heterocycles. The largest absolute Gasteiger partial charge is 0.355 e. The molecule has 2 rings (SSSR count). The number of nitrogens with one attached hydrogen (secondary N) is 2. The fraction of sp³-hybridized carbons (Fsp3) is 0.636. The number of hydrogen-bond donors (Lipinski definition) is 2. The molecule has 0 aromatic carbocycles. The standard InChI is InChI=1S/C11H17N3OS.2ClH/c1-8-14-10(7-16-8)3-5-13-11(15)9-2-4-12-6-9;;/h7,9,12H,2-6H2,1H3,(H,13,15);2*1H. The number of halogens is 2. The van der Waals surface area contributed by atoms with Crippen LogP contribution < -0.4 is 10.6 Å². The first-order valence-corrected chi connectivity index (χ1v) is 6.53. The van der Waals surface area contributed by atoms with E-state index in [2.05, 4.69) is 21.0 Å². The van der Waals surface area contributed by atoms with Gasteiger partial charge in [0.2, 0.25) is 5.91 Å². The highest BCUT2D eigenvalue weighted by molar-refractivity contribution is 7.09. The number of aryl methyl sites for hydroxylation is 1. The van der Waals surface area contributed by atoms with E-state index in [-0.39, 0.29) is 36.6 Å².